The average molecular weight is 759 g/mol. The summed E-state index contributed by atoms with van der Waals surface area (Å²) in [6, 6.07) is 36.0. The Morgan fingerprint density at radius 2 is 1.00 bits per heavy atom. The van der Waals surface area contributed by atoms with Gasteiger partial charge in [0.2, 0.25) is 0 Å². The fourth-order valence-corrected chi connectivity index (χ4v) is 10.2. The third-order valence-corrected chi connectivity index (χ3v) is 12.3. The standard InChI is InChI=1S/C48H54O4S2/c1-45(2,3)28-47(7,8)33-20-23-37(49)41(26-33)53-42-27-34(21-24-38(42)50)48(9,29-46(4,5)6)30-52-40-25-19-32-15-11-13-17-36(32)44(40)54-43-35-16-12-10-14-31(35)18-22-39(43)51/h10-27,49-51H,28-30H2,1-9H3. The smallest absolute Gasteiger partial charge is 0.133 e. The minimum absolute atomic E-state index is 0.0375. The second kappa shape index (κ2) is 15.1. The van der Waals surface area contributed by atoms with Gasteiger partial charge in [0.25, 0.3) is 0 Å². The summed E-state index contributed by atoms with van der Waals surface area (Å²) in [5.41, 5.74) is 1.76. The number of rotatable bonds is 11. The fourth-order valence-electron chi connectivity index (χ4n) is 8.06. The van der Waals surface area contributed by atoms with E-state index in [1.165, 1.54) is 23.5 Å². The van der Waals surface area contributed by atoms with Crippen molar-refractivity contribution in [1.29, 1.82) is 0 Å². The molecular formula is C48H54O4S2. The van der Waals surface area contributed by atoms with E-state index < -0.39 is 5.41 Å². The van der Waals surface area contributed by atoms with Gasteiger partial charge in [-0.3, -0.25) is 0 Å². The molecule has 6 aromatic rings. The summed E-state index contributed by atoms with van der Waals surface area (Å²) in [4.78, 5) is 3.14. The molecule has 0 aliphatic heterocycles. The first-order valence-corrected chi connectivity index (χ1v) is 20.3. The van der Waals surface area contributed by atoms with E-state index in [9.17, 15) is 15.3 Å². The lowest BCUT2D eigenvalue weighted by Gasteiger charge is -2.36. The van der Waals surface area contributed by atoms with Crippen molar-refractivity contribution in [2.24, 2.45) is 10.8 Å². The van der Waals surface area contributed by atoms with Crippen LogP contribution in [0.1, 0.15) is 86.3 Å². The number of ether oxygens (including phenoxy) is 1. The molecule has 6 rings (SSSR count). The quantitative estimate of drug-likeness (QED) is 0.122. The van der Waals surface area contributed by atoms with E-state index in [1.807, 2.05) is 54.6 Å². The molecule has 54 heavy (non-hydrogen) atoms. The lowest BCUT2D eigenvalue weighted by molar-refractivity contribution is 0.169. The first-order valence-electron chi connectivity index (χ1n) is 18.7. The van der Waals surface area contributed by atoms with Crippen LogP contribution in [0, 0.1) is 10.8 Å². The molecule has 0 saturated heterocycles. The summed E-state index contributed by atoms with van der Waals surface area (Å²) in [6.45, 7) is 20.6. The monoisotopic (exact) mass is 758 g/mol. The highest BCUT2D eigenvalue weighted by molar-refractivity contribution is 8.00. The van der Waals surface area contributed by atoms with Crippen LogP contribution < -0.4 is 4.74 Å². The zero-order chi connectivity index (χ0) is 39.1. The van der Waals surface area contributed by atoms with Gasteiger partial charge in [-0.05, 0) is 98.2 Å². The molecule has 0 amide bonds. The largest absolute Gasteiger partial charge is 0.507 e. The van der Waals surface area contributed by atoms with Gasteiger partial charge in [-0.15, -0.1) is 0 Å². The van der Waals surface area contributed by atoms with Crippen LogP contribution in [-0.4, -0.2) is 21.9 Å². The van der Waals surface area contributed by atoms with Gasteiger partial charge in [-0.1, -0.05) is 159 Å². The topological polar surface area (TPSA) is 69.9 Å². The molecule has 6 heteroatoms. The minimum atomic E-state index is -0.449. The van der Waals surface area contributed by atoms with Crippen molar-refractivity contribution in [2.45, 2.75) is 106 Å². The number of aromatic hydroxyl groups is 3. The van der Waals surface area contributed by atoms with E-state index in [2.05, 4.69) is 98.7 Å². The average Bonchev–Trinajstić information content (AvgIpc) is 3.09. The molecule has 0 fully saturated rings. The van der Waals surface area contributed by atoms with Crippen LogP contribution in [-0.2, 0) is 10.8 Å². The van der Waals surface area contributed by atoms with Gasteiger partial charge in [0.15, 0.2) is 0 Å². The van der Waals surface area contributed by atoms with Gasteiger partial charge < -0.3 is 20.1 Å². The first kappa shape index (κ1) is 39.4. The number of phenols is 3. The van der Waals surface area contributed by atoms with Crippen molar-refractivity contribution in [2.75, 3.05) is 6.61 Å². The Bertz CT molecular complexity index is 2300. The van der Waals surface area contributed by atoms with E-state index in [0.29, 0.717) is 16.4 Å². The Morgan fingerprint density at radius 3 is 1.59 bits per heavy atom. The van der Waals surface area contributed by atoms with Gasteiger partial charge in [0, 0.05) is 5.41 Å². The predicted molar refractivity (Wildman–Crippen MR) is 228 cm³/mol. The predicted octanol–water partition coefficient (Wildman–Crippen LogP) is 13.9. The Labute approximate surface area is 330 Å². The molecule has 0 saturated carbocycles. The van der Waals surface area contributed by atoms with E-state index in [4.69, 9.17) is 4.74 Å². The van der Waals surface area contributed by atoms with Gasteiger partial charge in [-0.2, -0.15) is 0 Å². The van der Waals surface area contributed by atoms with Crippen LogP contribution in [0.15, 0.2) is 129 Å². The van der Waals surface area contributed by atoms with Crippen molar-refractivity contribution in [3.8, 4) is 23.0 Å². The van der Waals surface area contributed by atoms with E-state index in [0.717, 1.165) is 61.1 Å². The second-order valence-electron chi connectivity index (χ2n) is 18.0. The van der Waals surface area contributed by atoms with E-state index in [-0.39, 0.29) is 33.5 Å². The van der Waals surface area contributed by atoms with Crippen molar-refractivity contribution >= 4 is 45.1 Å². The van der Waals surface area contributed by atoms with Crippen molar-refractivity contribution in [3.63, 3.8) is 0 Å². The first-order chi connectivity index (χ1) is 25.3. The molecule has 3 N–H and O–H groups in total. The maximum absolute atomic E-state index is 11.2. The Morgan fingerprint density at radius 1 is 0.500 bits per heavy atom. The molecule has 0 heterocycles. The number of hydrogen-bond acceptors (Lipinski definition) is 6. The third-order valence-electron chi connectivity index (χ3n) is 9.96. The van der Waals surface area contributed by atoms with Crippen LogP contribution >= 0.6 is 23.5 Å². The molecule has 0 radical (unpaired) electrons. The Balaban J connectivity index is 1.36. The number of phenolic OH excluding ortho intramolecular Hbond substituents is 3. The van der Waals surface area contributed by atoms with Gasteiger partial charge in [0.1, 0.15) is 23.0 Å². The lowest BCUT2D eigenvalue weighted by atomic mass is 9.71. The van der Waals surface area contributed by atoms with Crippen molar-refractivity contribution < 1.29 is 20.1 Å². The van der Waals surface area contributed by atoms with E-state index >= 15 is 0 Å². The summed E-state index contributed by atoms with van der Waals surface area (Å²) in [6.07, 6.45) is 1.80. The molecule has 282 valence electrons. The zero-order valence-corrected chi connectivity index (χ0v) is 34.7. The highest BCUT2D eigenvalue weighted by atomic mass is 32.2. The maximum Gasteiger partial charge on any atom is 0.133 e. The summed E-state index contributed by atoms with van der Waals surface area (Å²) < 4.78 is 6.92. The van der Waals surface area contributed by atoms with Crippen molar-refractivity contribution in [1.82, 2.24) is 0 Å². The lowest BCUT2D eigenvalue weighted by Crippen LogP contribution is -2.34. The Hall–Kier alpha value is -4.26. The van der Waals surface area contributed by atoms with Crippen LogP contribution in [0.4, 0.5) is 0 Å². The zero-order valence-electron chi connectivity index (χ0n) is 33.1. The molecule has 0 bridgehead atoms. The molecule has 0 aliphatic carbocycles. The van der Waals surface area contributed by atoms with Crippen LogP contribution in [0.25, 0.3) is 21.5 Å². The normalized spacial score (nSPS) is 13.6. The molecular weight excluding hydrogens is 705 g/mol. The number of fused-ring (bicyclic) bond motifs is 2. The van der Waals surface area contributed by atoms with Gasteiger partial charge in [-0.25, -0.2) is 0 Å². The maximum atomic E-state index is 11.2. The second-order valence-corrected chi connectivity index (χ2v) is 20.1. The summed E-state index contributed by atoms with van der Waals surface area (Å²) in [5.74, 6) is 1.35. The summed E-state index contributed by atoms with van der Waals surface area (Å²) in [5, 5.41) is 37.6. The van der Waals surface area contributed by atoms with E-state index in [1.54, 1.807) is 18.2 Å². The molecule has 6 aromatic carbocycles. The van der Waals surface area contributed by atoms with Gasteiger partial charge in [0.05, 0.1) is 26.2 Å². The summed E-state index contributed by atoms with van der Waals surface area (Å²) >= 11 is 2.93. The highest BCUT2D eigenvalue weighted by Gasteiger charge is 2.34. The number of hydrogen-bond donors (Lipinski definition) is 3. The minimum Gasteiger partial charge on any atom is -0.507 e. The number of benzene rings is 6. The SMILES string of the molecule is CC(C)(C)CC(C)(C)c1ccc(O)c(Sc2cc(C(C)(COc3ccc4ccccc4c3Sc3c(O)ccc4ccccc34)CC(C)(C)C)ccc2O)c1. The van der Waals surface area contributed by atoms with Crippen LogP contribution in [0.5, 0.6) is 23.0 Å². The van der Waals surface area contributed by atoms with Crippen LogP contribution in [0.2, 0.25) is 0 Å². The fraction of sp³-hybridized carbons (Fsp3) is 0.333. The third kappa shape index (κ3) is 8.98. The molecule has 1 atom stereocenters. The Kier molecular flexibility index (Phi) is 11.0. The van der Waals surface area contributed by atoms with Gasteiger partial charge >= 0.3 is 0 Å². The molecule has 4 nitrogen and oxygen atoms in total. The summed E-state index contributed by atoms with van der Waals surface area (Å²) in [7, 11) is 0. The van der Waals surface area contributed by atoms with Crippen LogP contribution in [0.3, 0.4) is 0 Å². The highest BCUT2D eigenvalue weighted by Crippen LogP contribution is 2.49. The molecule has 0 spiro atoms. The molecule has 0 aromatic heterocycles. The molecule has 0 aliphatic rings. The van der Waals surface area contributed by atoms with Crippen molar-refractivity contribution in [3.05, 3.63) is 120 Å². The molecule has 1 unspecified atom stereocenters.